The molecule has 7 heteroatoms. The second-order valence-corrected chi connectivity index (χ2v) is 5.53. The molecule has 0 radical (unpaired) electrons. The van der Waals surface area contributed by atoms with Gasteiger partial charge in [0.25, 0.3) is 0 Å². The summed E-state index contributed by atoms with van der Waals surface area (Å²) in [6, 6.07) is -0.0442. The Kier molecular flexibility index (Phi) is 6.23. The molecule has 1 atom stereocenters. The first-order valence-electron chi connectivity index (χ1n) is 6.76. The van der Waals surface area contributed by atoms with Gasteiger partial charge in [-0.05, 0) is 20.8 Å². The quantitative estimate of drug-likeness (QED) is 0.608. The van der Waals surface area contributed by atoms with E-state index < -0.39 is 17.8 Å². The van der Waals surface area contributed by atoms with Crippen molar-refractivity contribution in [2.24, 2.45) is 0 Å². The summed E-state index contributed by atoms with van der Waals surface area (Å²) in [5.74, 6) is 0. The van der Waals surface area contributed by atoms with E-state index >= 15 is 0 Å². The van der Waals surface area contributed by atoms with Crippen LogP contribution in [0.3, 0.4) is 0 Å². The highest BCUT2D eigenvalue weighted by atomic mass is 16.6. The minimum absolute atomic E-state index is 0.0442. The predicted octanol–water partition coefficient (Wildman–Crippen LogP) is 1.58. The lowest BCUT2D eigenvalue weighted by molar-refractivity contribution is 0.0117. The molecule has 118 valence electrons. The first-order chi connectivity index (χ1) is 9.81. The Bertz CT molecular complexity index is 415. The fraction of sp³-hybridized carbons (Fsp3) is 0.571. The second kappa shape index (κ2) is 7.68. The minimum Gasteiger partial charge on any atom is -0.444 e. The average Bonchev–Trinajstić information content (AvgIpc) is 2.86. The van der Waals surface area contributed by atoms with Crippen LogP contribution in [0.4, 0.5) is 9.59 Å². The fourth-order valence-corrected chi connectivity index (χ4v) is 1.60. The van der Waals surface area contributed by atoms with Crippen molar-refractivity contribution in [1.82, 2.24) is 15.8 Å². The van der Waals surface area contributed by atoms with E-state index in [4.69, 9.17) is 9.47 Å². The van der Waals surface area contributed by atoms with Crippen LogP contribution in [0.25, 0.3) is 0 Å². The molecule has 0 aliphatic carbocycles. The van der Waals surface area contributed by atoms with Gasteiger partial charge in [0.1, 0.15) is 12.2 Å². The van der Waals surface area contributed by atoms with Gasteiger partial charge in [-0.1, -0.05) is 24.8 Å². The fourth-order valence-electron chi connectivity index (χ4n) is 1.60. The first kappa shape index (κ1) is 17.0. The van der Waals surface area contributed by atoms with Crippen LogP contribution in [0.5, 0.6) is 0 Å². The Morgan fingerprint density at radius 1 is 1.52 bits per heavy atom. The van der Waals surface area contributed by atoms with Gasteiger partial charge in [-0.2, -0.15) is 0 Å². The number of hydrogen-bond donors (Lipinski definition) is 2. The normalized spacial score (nSPS) is 17.2. The highest BCUT2D eigenvalue weighted by Crippen LogP contribution is 2.10. The Balaban J connectivity index is 2.63. The van der Waals surface area contributed by atoms with E-state index in [9.17, 15) is 9.59 Å². The average molecular weight is 297 g/mol. The number of hydrazine groups is 1. The van der Waals surface area contributed by atoms with Crippen LogP contribution in [-0.2, 0) is 9.47 Å². The molecule has 0 spiro atoms. The lowest BCUT2D eigenvalue weighted by Gasteiger charge is -2.28. The Labute approximate surface area is 124 Å². The third-order valence-electron chi connectivity index (χ3n) is 2.42. The van der Waals surface area contributed by atoms with Crippen LogP contribution in [0.1, 0.15) is 20.8 Å². The van der Waals surface area contributed by atoms with E-state index in [1.165, 1.54) is 6.08 Å². The second-order valence-electron chi connectivity index (χ2n) is 5.53. The van der Waals surface area contributed by atoms with E-state index in [2.05, 4.69) is 17.3 Å². The van der Waals surface area contributed by atoms with Crippen molar-refractivity contribution in [1.29, 1.82) is 0 Å². The van der Waals surface area contributed by atoms with Crippen LogP contribution in [0.15, 0.2) is 24.8 Å². The van der Waals surface area contributed by atoms with Gasteiger partial charge in [-0.15, -0.1) is 0 Å². The van der Waals surface area contributed by atoms with E-state index in [1.807, 2.05) is 12.2 Å². The molecule has 0 fully saturated rings. The maximum atomic E-state index is 12.1. The zero-order chi connectivity index (χ0) is 15.9. The SMILES string of the molecule is C=CCOC(=O)NN(C[C@@H]1C=CCN1)C(=O)OC(C)(C)C. The summed E-state index contributed by atoms with van der Waals surface area (Å²) in [7, 11) is 0. The van der Waals surface area contributed by atoms with Crippen molar-refractivity contribution in [2.75, 3.05) is 19.7 Å². The minimum atomic E-state index is -0.734. The van der Waals surface area contributed by atoms with Crippen molar-refractivity contribution in [2.45, 2.75) is 32.4 Å². The van der Waals surface area contributed by atoms with Gasteiger partial charge in [0, 0.05) is 12.6 Å². The number of rotatable bonds is 4. The van der Waals surface area contributed by atoms with Crippen LogP contribution in [-0.4, -0.2) is 48.5 Å². The van der Waals surface area contributed by atoms with E-state index in [1.54, 1.807) is 20.8 Å². The first-order valence-corrected chi connectivity index (χ1v) is 6.76. The van der Waals surface area contributed by atoms with Crippen molar-refractivity contribution < 1.29 is 19.1 Å². The molecule has 0 unspecified atom stereocenters. The zero-order valence-corrected chi connectivity index (χ0v) is 12.7. The third-order valence-corrected chi connectivity index (χ3v) is 2.42. The van der Waals surface area contributed by atoms with Crippen molar-refractivity contribution in [3.8, 4) is 0 Å². The molecule has 0 aromatic heterocycles. The van der Waals surface area contributed by atoms with Crippen LogP contribution < -0.4 is 10.7 Å². The summed E-state index contributed by atoms with van der Waals surface area (Å²) in [5.41, 5.74) is 1.73. The molecule has 0 aromatic carbocycles. The van der Waals surface area contributed by atoms with Gasteiger partial charge in [0.15, 0.2) is 0 Å². The Morgan fingerprint density at radius 2 is 2.24 bits per heavy atom. The molecule has 2 N–H and O–H groups in total. The van der Waals surface area contributed by atoms with Crippen molar-refractivity contribution in [3.63, 3.8) is 0 Å². The predicted molar refractivity (Wildman–Crippen MR) is 78.6 cm³/mol. The van der Waals surface area contributed by atoms with E-state index in [0.717, 1.165) is 11.6 Å². The summed E-state index contributed by atoms with van der Waals surface area (Å²) < 4.78 is 10.1. The number of hydrogen-bond acceptors (Lipinski definition) is 5. The molecule has 1 rings (SSSR count). The summed E-state index contributed by atoms with van der Waals surface area (Å²) in [6.07, 6.45) is 3.95. The van der Waals surface area contributed by atoms with Crippen LogP contribution >= 0.6 is 0 Å². The summed E-state index contributed by atoms with van der Waals surface area (Å²) in [5, 5.41) is 4.25. The summed E-state index contributed by atoms with van der Waals surface area (Å²) >= 11 is 0. The number of carbonyl (C=O) groups excluding carboxylic acids is 2. The van der Waals surface area contributed by atoms with E-state index in [-0.39, 0.29) is 19.2 Å². The number of carbonyl (C=O) groups is 2. The van der Waals surface area contributed by atoms with Gasteiger partial charge < -0.3 is 14.8 Å². The molecular formula is C14H23N3O4. The number of nitrogens with one attached hydrogen (secondary N) is 2. The number of nitrogens with zero attached hydrogens (tertiary/aromatic N) is 1. The highest BCUT2D eigenvalue weighted by molar-refractivity contribution is 5.74. The zero-order valence-electron chi connectivity index (χ0n) is 12.7. The summed E-state index contributed by atoms with van der Waals surface area (Å²) in [4.78, 5) is 23.7. The van der Waals surface area contributed by atoms with Crippen LogP contribution in [0.2, 0.25) is 0 Å². The molecule has 7 nitrogen and oxygen atoms in total. The molecule has 0 bridgehead atoms. The maximum absolute atomic E-state index is 12.1. The van der Waals surface area contributed by atoms with Gasteiger partial charge in [0.05, 0.1) is 6.54 Å². The van der Waals surface area contributed by atoms with Gasteiger partial charge >= 0.3 is 12.2 Å². The van der Waals surface area contributed by atoms with Gasteiger partial charge in [-0.3, -0.25) is 0 Å². The standard InChI is InChI=1S/C14H23N3O4/c1-5-9-20-12(18)16-17(10-11-7-6-8-15-11)13(19)21-14(2,3)4/h5-7,11,15H,1,8-10H2,2-4H3,(H,16,18)/t11-/m0/s1. The molecule has 0 saturated carbocycles. The third kappa shape index (κ3) is 6.80. The molecule has 2 amide bonds. The lowest BCUT2D eigenvalue weighted by Crippen LogP contribution is -2.52. The number of amides is 2. The maximum Gasteiger partial charge on any atom is 0.429 e. The Hall–Kier alpha value is -2.02. The highest BCUT2D eigenvalue weighted by Gasteiger charge is 2.26. The topological polar surface area (TPSA) is 79.9 Å². The Morgan fingerprint density at radius 3 is 2.76 bits per heavy atom. The molecule has 1 aliphatic heterocycles. The number of ether oxygens (including phenoxy) is 2. The summed E-state index contributed by atoms with van der Waals surface area (Å²) in [6.45, 7) is 9.76. The molecule has 1 heterocycles. The van der Waals surface area contributed by atoms with E-state index in [0.29, 0.717) is 0 Å². The molecule has 21 heavy (non-hydrogen) atoms. The smallest absolute Gasteiger partial charge is 0.429 e. The van der Waals surface area contributed by atoms with Crippen LogP contribution in [0, 0.1) is 0 Å². The molecular weight excluding hydrogens is 274 g/mol. The van der Waals surface area contributed by atoms with Crippen molar-refractivity contribution >= 4 is 12.2 Å². The van der Waals surface area contributed by atoms with Gasteiger partial charge in [-0.25, -0.2) is 20.0 Å². The monoisotopic (exact) mass is 297 g/mol. The van der Waals surface area contributed by atoms with Crippen molar-refractivity contribution in [3.05, 3.63) is 24.8 Å². The van der Waals surface area contributed by atoms with Gasteiger partial charge in [0.2, 0.25) is 0 Å². The molecule has 0 aromatic rings. The lowest BCUT2D eigenvalue weighted by atomic mass is 10.2. The molecule has 0 saturated heterocycles. The molecule has 1 aliphatic rings. The largest absolute Gasteiger partial charge is 0.444 e.